The molecule has 3 aromatic rings. The number of para-hydroxylation sites is 2. The topological polar surface area (TPSA) is 70.3 Å². The van der Waals surface area contributed by atoms with Crippen LogP contribution in [0.5, 0.6) is 5.75 Å². The Balaban J connectivity index is 2.16. The van der Waals surface area contributed by atoms with Crippen LogP contribution >= 0.6 is 0 Å². The third-order valence-electron chi connectivity index (χ3n) is 2.99. The number of hydrogen-bond acceptors (Lipinski definition) is 5. The van der Waals surface area contributed by atoms with Crippen molar-refractivity contribution < 1.29 is 9.47 Å². The Kier molecular flexibility index (Phi) is 3.35. The van der Waals surface area contributed by atoms with Gasteiger partial charge in [0.05, 0.1) is 22.2 Å². The summed E-state index contributed by atoms with van der Waals surface area (Å²) in [5.74, 6) is 0.522. The van der Waals surface area contributed by atoms with Gasteiger partial charge in [0.15, 0.2) is 12.5 Å². The number of fused-ring (bicyclic) bond motifs is 2. The molecule has 0 aliphatic carbocycles. The smallest absolute Gasteiger partial charge is 0.189 e. The normalized spacial score (nSPS) is 11.1. The highest BCUT2D eigenvalue weighted by molar-refractivity contribution is 5.92. The summed E-state index contributed by atoms with van der Waals surface area (Å²) < 4.78 is 10.8. The van der Waals surface area contributed by atoms with E-state index >= 15 is 0 Å². The zero-order chi connectivity index (χ0) is 13.9. The Labute approximate surface area is 116 Å². The first-order chi connectivity index (χ1) is 9.79. The van der Waals surface area contributed by atoms with E-state index in [0.29, 0.717) is 23.6 Å². The second-order valence-electron chi connectivity index (χ2n) is 4.32. The largest absolute Gasteiger partial charge is 0.463 e. The third-order valence-corrected chi connectivity index (χ3v) is 2.99. The lowest BCUT2D eigenvalue weighted by Crippen LogP contribution is -2.05. The molecule has 5 nitrogen and oxygen atoms in total. The summed E-state index contributed by atoms with van der Waals surface area (Å²) in [6, 6.07) is 11.3. The minimum Gasteiger partial charge on any atom is -0.463 e. The van der Waals surface area contributed by atoms with E-state index in [0.717, 1.165) is 16.6 Å². The van der Waals surface area contributed by atoms with Crippen molar-refractivity contribution in [1.29, 1.82) is 0 Å². The van der Waals surface area contributed by atoms with Gasteiger partial charge in [-0.2, -0.15) is 0 Å². The highest BCUT2D eigenvalue weighted by Crippen LogP contribution is 2.30. The van der Waals surface area contributed by atoms with Gasteiger partial charge in [0, 0.05) is 6.61 Å². The van der Waals surface area contributed by atoms with E-state index in [9.17, 15) is 0 Å². The zero-order valence-corrected chi connectivity index (χ0v) is 11.2. The van der Waals surface area contributed by atoms with E-state index in [2.05, 4.69) is 9.97 Å². The summed E-state index contributed by atoms with van der Waals surface area (Å²) in [5, 5.41) is 0. The van der Waals surface area contributed by atoms with Crippen molar-refractivity contribution in [1.82, 2.24) is 9.97 Å². The first kappa shape index (κ1) is 12.6. The van der Waals surface area contributed by atoms with Crippen LogP contribution < -0.4 is 10.5 Å². The van der Waals surface area contributed by atoms with Crippen LogP contribution in [0, 0.1) is 0 Å². The maximum Gasteiger partial charge on any atom is 0.189 e. The van der Waals surface area contributed by atoms with Crippen LogP contribution in [0.25, 0.3) is 22.1 Å². The summed E-state index contributed by atoms with van der Waals surface area (Å²) in [6.07, 6.45) is 0. The molecule has 0 aliphatic rings. The van der Waals surface area contributed by atoms with Gasteiger partial charge >= 0.3 is 0 Å². The van der Waals surface area contributed by atoms with Gasteiger partial charge in [0.1, 0.15) is 5.52 Å². The van der Waals surface area contributed by atoms with Crippen LogP contribution in [0.1, 0.15) is 6.92 Å². The van der Waals surface area contributed by atoms with Gasteiger partial charge in [-0.1, -0.05) is 12.1 Å². The van der Waals surface area contributed by atoms with E-state index in [1.165, 1.54) is 0 Å². The van der Waals surface area contributed by atoms with E-state index in [1.807, 2.05) is 37.3 Å². The van der Waals surface area contributed by atoms with Gasteiger partial charge in [0.25, 0.3) is 0 Å². The maximum atomic E-state index is 5.96. The average molecular weight is 269 g/mol. The molecule has 0 saturated carbocycles. The van der Waals surface area contributed by atoms with Crippen molar-refractivity contribution in [3.63, 3.8) is 0 Å². The number of nitrogen functional groups attached to an aromatic ring is 1. The number of ether oxygens (including phenoxy) is 2. The maximum absolute atomic E-state index is 5.96. The number of nitrogens with two attached hydrogens (primary N) is 1. The molecule has 2 N–H and O–H groups in total. The SMILES string of the molecule is CCOCOc1c(N)ccc2nc3ccccc3nc12. The van der Waals surface area contributed by atoms with E-state index in [1.54, 1.807) is 6.07 Å². The van der Waals surface area contributed by atoms with Crippen LogP contribution in [0.4, 0.5) is 5.69 Å². The molecule has 0 bridgehead atoms. The molecule has 1 heterocycles. The minimum absolute atomic E-state index is 0.147. The first-order valence-corrected chi connectivity index (χ1v) is 6.45. The van der Waals surface area contributed by atoms with Crippen LogP contribution in [0.2, 0.25) is 0 Å². The summed E-state index contributed by atoms with van der Waals surface area (Å²) in [7, 11) is 0. The molecular formula is C15H15N3O2. The Morgan fingerprint density at radius 3 is 2.50 bits per heavy atom. The second-order valence-corrected chi connectivity index (χ2v) is 4.32. The van der Waals surface area contributed by atoms with Gasteiger partial charge in [-0.3, -0.25) is 0 Å². The van der Waals surface area contributed by atoms with E-state index in [4.69, 9.17) is 15.2 Å². The minimum atomic E-state index is 0.147. The second kappa shape index (κ2) is 5.30. The van der Waals surface area contributed by atoms with Crippen molar-refractivity contribution in [3.05, 3.63) is 36.4 Å². The highest BCUT2D eigenvalue weighted by Gasteiger charge is 2.10. The molecule has 5 heteroatoms. The van der Waals surface area contributed by atoms with Crippen molar-refractivity contribution in [2.45, 2.75) is 6.92 Å². The number of hydrogen-bond donors (Lipinski definition) is 1. The van der Waals surface area contributed by atoms with Crippen LogP contribution in [-0.2, 0) is 4.74 Å². The lowest BCUT2D eigenvalue weighted by Gasteiger charge is -2.11. The Morgan fingerprint density at radius 2 is 1.75 bits per heavy atom. The third kappa shape index (κ3) is 2.23. The summed E-state index contributed by atoms with van der Waals surface area (Å²) in [5.41, 5.74) is 9.56. The molecule has 0 atom stereocenters. The van der Waals surface area contributed by atoms with E-state index in [-0.39, 0.29) is 6.79 Å². The lowest BCUT2D eigenvalue weighted by atomic mass is 10.2. The number of nitrogens with zero attached hydrogens (tertiary/aromatic N) is 2. The highest BCUT2D eigenvalue weighted by atomic mass is 16.7. The number of rotatable bonds is 4. The van der Waals surface area contributed by atoms with Gasteiger partial charge in [0.2, 0.25) is 0 Å². The Hall–Kier alpha value is -2.40. The monoisotopic (exact) mass is 269 g/mol. The molecule has 0 spiro atoms. The molecular weight excluding hydrogens is 254 g/mol. The molecule has 0 fully saturated rings. The van der Waals surface area contributed by atoms with Crippen molar-refractivity contribution in [2.24, 2.45) is 0 Å². The summed E-state index contributed by atoms with van der Waals surface area (Å²) in [4.78, 5) is 9.16. The predicted octanol–water partition coefficient (Wildman–Crippen LogP) is 2.74. The molecule has 2 aromatic carbocycles. The van der Waals surface area contributed by atoms with Gasteiger partial charge in [-0.15, -0.1) is 0 Å². The van der Waals surface area contributed by atoms with Gasteiger partial charge in [-0.25, -0.2) is 9.97 Å². The molecule has 20 heavy (non-hydrogen) atoms. The molecule has 0 radical (unpaired) electrons. The fraction of sp³-hybridized carbons (Fsp3) is 0.200. The van der Waals surface area contributed by atoms with Gasteiger partial charge in [-0.05, 0) is 31.2 Å². The quantitative estimate of drug-likeness (QED) is 0.341. The molecule has 1 aromatic heterocycles. The molecule has 0 aliphatic heterocycles. The molecule has 102 valence electrons. The van der Waals surface area contributed by atoms with E-state index < -0.39 is 0 Å². The number of aromatic nitrogens is 2. The Bertz CT molecular complexity index is 759. The standard InChI is InChI=1S/C15H15N3O2/c1-2-19-9-20-15-10(16)7-8-13-14(15)18-12-6-4-3-5-11(12)17-13/h3-8H,2,9,16H2,1H3. The molecule has 0 amide bonds. The van der Waals surface area contributed by atoms with Crippen LogP contribution in [0.15, 0.2) is 36.4 Å². The van der Waals surface area contributed by atoms with Crippen LogP contribution in [-0.4, -0.2) is 23.4 Å². The molecule has 3 rings (SSSR count). The van der Waals surface area contributed by atoms with Gasteiger partial charge < -0.3 is 15.2 Å². The summed E-state index contributed by atoms with van der Waals surface area (Å²) >= 11 is 0. The molecule has 0 saturated heterocycles. The fourth-order valence-corrected chi connectivity index (χ4v) is 2.01. The molecule has 0 unspecified atom stereocenters. The van der Waals surface area contributed by atoms with Crippen molar-refractivity contribution in [3.8, 4) is 5.75 Å². The van der Waals surface area contributed by atoms with Crippen molar-refractivity contribution in [2.75, 3.05) is 19.1 Å². The summed E-state index contributed by atoms with van der Waals surface area (Å²) in [6.45, 7) is 2.64. The number of benzene rings is 2. The Morgan fingerprint density at radius 1 is 1.00 bits per heavy atom. The predicted molar refractivity (Wildman–Crippen MR) is 78.6 cm³/mol. The zero-order valence-electron chi connectivity index (χ0n) is 11.2. The lowest BCUT2D eigenvalue weighted by molar-refractivity contribution is 0.0236. The first-order valence-electron chi connectivity index (χ1n) is 6.45. The number of anilines is 1. The van der Waals surface area contributed by atoms with Crippen molar-refractivity contribution >= 4 is 27.8 Å². The average Bonchev–Trinajstić information content (AvgIpc) is 2.48. The van der Waals surface area contributed by atoms with Crippen LogP contribution in [0.3, 0.4) is 0 Å². The fourth-order valence-electron chi connectivity index (χ4n) is 2.01.